The van der Waals surface area contributed by atoms with E-state index in [4.69, 9.17) is 0 Å². The third-order valence-electron chi connectivity index (χ3n) is 6.67. The van der Waals surface area contributed by atoms with Crippen LogP contribution >= 0.6 is 11.8 Å². The zero-order valence-electron chi connectivity index (χ0n) is 16.0. The second-order valence-corrected chi connectivity index (χ2v) is 9.88. The molecule has 146 valence electrons. The molecule has 0 bridgehead atoms. The van der Waals surface area contributed by atoms with Crippen LogP contribution < -0.4 is 0 Å². The molecule has 0 radical (unpaired) electrons. The highest BCUT2D eigenvalue weighted by Crippen LogP contribution is 2.42. The molecule has 6 heteroatoms. The van der Waals surface area contributed by atoms with E-state index in [-0.39, 0.29) is 5.41 Å². The molecule has 0 aromatic rings. The first-order valence-electron chi connectivity index (χ1n) is 10.5. The van der Waals surface area contributed by atoms with Gasteiger partial charge in [0.15, 0.2) is 0 Å². The number of rotatable bonds is 6. The highest BCUT2D eigenvalue weighted by atomic mass is 32.2. The van der Waals surface area contributed by atoms with Gasteiger partial charge in [0.25, 0.3) is 0 Å². The molecule has 1 atom stereocenters. The van der Waals surface area contributed by atoms with Crippen molar-refractivity contribution in [3.8, 4) is 0 Å². The number of carbonyl (C=O) groups excluding carboxylic acids is 2. The highest BCUT2D eigenvalue weighted by molar-refractivity contribution is 7.99. The quantitative estimate of drug-likeness (QED) is 0.664. The van der Waals surface area contributed by atoms with E-state index in [0.717, 1.165) is 44.8 Å². The van der Waals surface area contributed by atoms with E-state index in [2.05, 4.69) is 14.7 Å². The maximum Gasteiger partial charge on any atom is 0.232 e. The predicted octanol–water partition coefficient (Wildman–Crippen LogP) is 2.21. The number of likely N-dealkylation sites (tertiary alicyclic amines) is 3. The summed E-state index contributed by atoms with van der Waals surface area (Å²) in [7, 11) is 0. The first-order chi connectivity index (χ1) is 12.7. The van der Waals surface area contributed by atoms with Crippen molar-refractivity contribution in [2.75, 3.05) is 50.8 Å². The summed E-state index contributed by atoms with van der Waals surface area (Å²) in [5.74, 6) is 2.34. The second-order valence-electron chi connectivity index (χ2n) is 8.77. The molecule has 0 unspecified atom stereocenters. The van der Waals surface area contributed by atoms with Crippen LogP contribution in [0.3, 0.4) is 0 Å². The fourth-order valence-electron chi connectivity index (χ4n) is 4.97. The molecule has 3 heterocycles. The number of piperidine rings is 2. The molecule has 3 saturated heterocycles. The van der Waals surface area contributed by atoms with Crippen molar-refractivity contribution in [2.24, 2.45) is 5.41 Å². The molecule has 26 heavy (non-hydrogen) atoms. The van der Waals surface area contributed by atoms with Gasteiger partial charge in [-0.1, -0.05) is 0 Å². The van der Waals surface area contributed by atoms with Crippen LogP contribution in [0.15, 0.2) is 0 Å². The van der Waals surface area contributed by atoms with E-state index < -0.39 is 0 Å². The van der Waals surface area contributed by atoms with Gasteiger partial charge in [0.1, 0.15) is 0 Å². The molecule has 1 saturated carbocycles. The molecule has 0 aromatic carbocycles. The van der Waals surface area contributed by atoms with Crippen molar-refractivity contribution in [1.82, 2.24) is 14.7 Å². The molecule has 1 aliphatic carbocycles. The Bertz CT molecular complexity index is 533. The Balaban J connectivity index is 1.24. The Morgan fingerprint density at radius 3 is 2.65 bits per heavy atom. The average Bonchev–Trinajstić information content (AvgIpc) is 3.37. The van der Waals surface area contributed by atoms with Gasteiger partial charge in [-0.3, -0.25) is 9.59 Å². The summed E-state index contributed by atoms with van der Waals surface area (Å²) < 4.78 is 0. The number of carbonyl (C=O) groups is 2. The van der Waals surface area contributed by atoms with E-state index in [1.54, 1.807) is 11.8 Å². The van der Waals surface area contributed by atoms with Gasteiger partial charge in [-0.2, -0.15) is 11.8 Å². The lowest BCUT2D eigenvalue weighted by molar-refractivity contribution is -0.142. The van der Waals surface area contributed by atoms with Gasteiger partial charge in [-0.05, 0) is 58.0 Å². The Morgan fingerprint density at radius 2 is 1.88 bits per heavy atom. The number of thioether (sulfide) groups is 1. The Morgan fingerprint density at radius 1 is 1.08 bits per heavy atom. The summed E-state index contributed by atoms with van der Waals surface area (Å²) in [6.45, 7) is 6.27. The van der Waals surface area contributed by atoms with Crippen molar-refractivity contribution >= 4 is 23.6 Å². The minimum Gasteiger partial charge on any atom is -0.341 e. The zero-order chi connectivity index (χ0) is 18.0. The van der Waals surface area contributed by atoms with Crippen LogP contribution in [0.2, 0.25) is 0 Å². The van der Waals surface area contributed by atoms with Crippen molar-refractivity contribution in [2.45, 2.75) is 57.4 Å². The molecule has 4 aliphatic rings. The smallest absolute Gasteiger partial charge is 0.232 e. The van der Waals surface area contributed by atoms with Gasteiger partial charge in [-0.15, -0.1) is 0 Å². The van der Waals surface area contributed by atoms with Gasteiger partial charge in [0.05, 0.1) is 5.75 Å². The molecule has 0 N–H and O–H groups in total. The molecule has 3 aliphatic heterocycles. The Hall–Kier alpha value is -0.750. The first kappa shape index (κ1) is 18.6. The van der Waals surface area contributed by atoms with Crippen LogP contribution in [-0.2, 0) is 9.59 Å². The lowest BCUT2D eigenvalue weighted by Gasteiger charge is -2.48. The number of hydrogen-bond donors (Lipinski definition) is 0. The van der Waals surface area contributed by atoms with Crippen LogP contribution in [0.1, 0.15) is 51.4 Å². The van der Waals surface area contributed by atoms with E-state index in [9.17, 15) is 9.59 Å². The van der Waals surface area contributed by atoms with Crippen molar-refractivity contribution in [3.05, 3.63) is 0 Å². The van der Waals surface area contributed by atoms with E-state index >= 15 is 0 Å². The fraction of sp³-hybridized carbons (Fsp3) is 0.900. The van der Waals surface area contributed by atoms with E-state index in [0.29, 0.717) is 30.0 Å². The van der Waals surface area contributed by atoms with Gasteiger partial charge < -0.3 is 14.7 Å². The largest absolute Gasteiger partial charge is 0.341 e. The molecule has 4 rings (SSSR count). The van der Waals surface area contributed by atoms with Crippen LogP contribution in [0, 0.1) is 5.41 Å². The van der Waals surface area contributed by atoms with Gasteiger partial charge in [-0.25, -0.2) is 0 Å². The van der Waals surface area contributed by atoms with Gasteiger partial charge in [0, 0.05) is 49.8 Å². The predicted molar refractivity (Wildman–Crippen MR) is 105 cm³/mol. The molecule has 4 fully saturated rings. The SMILES string of the molecule is O=C(CSCCN1CCCC1)N1CCC[C@]2(CCC(=O)N(C3CC3)C2)C1. The molecular formula is C20H33N3O2S. The maximum absolute atomic E-state index is 12.7. The third-order valence-corrected chi connectivity index (χ3v) is 7.60. The van der Waals surface area contributed by atoms with Crippen LogP contribution in [0.4, 0.5) is 0 Å². The standard InChI is InChI=1S/C20H33N3O2S/c24-18-6-8-20(16-23(18)17-4-5-17)7-3-11-22(15-20)19(25)14-26-13-12-21-9-1-2-10-21/h17H,1-16H2/t20-/m0/s1. The Labute approximate surface area is 161 Å². The number of hydrogen-bond acceptors (Lipinski definition) is 4. The maximum atomic E-state index is 12.7. The lowest BCUT2D eigenvalue weighted by Crippen LogP contribution is -2.55. The zero-order valence-corrected chi connectivity index (χ0v) is 16.8. The minimum atomic E-state index is 0.171. The lowest BCUT2D eigenvalue weighted by atomic mass is 9.73. The summed E-state index contributed by atoms with van der Waals surface area (Å²) in [6.07, 6.45) is 8.95. The normalized spacial score (nSPS) is 30.4. The van der Waals surface area contributed by atoms with Crippen molar-refractivity contribution in [1.29, 1.82) is 0 Å². The van der Waals surface area contributed by atoms with Crippen molar-refractivity contribution < 1.29 is 9.59 Å². The summed E-state index contributed by atoms with van der Waals surface area (Å²) in [6, 6.07) is 0.506. The third kappa shape index (κ3) is 4.38. The first-order valence-corrected chi connectivity index (χ1v) is 11.7. The number of nitrogens with zero attached hydrogens (tertiary/aromatic N) is 3. The number of amides is 2. The van der Waals surface area contributed by atoms with Gasteiger partial charge in [0.2, 0.25) is 11.8 Å². The summed E-state index contributed by atoms with van der Waals surface area (Å²) in [5.41, 5.74) is 0.171. The van der Waals surface area contributed by atoms with E-state index in [1.165, 1.54) is 45.2 Å². The average molecular weight is 380 g/mol. The molecule has 2 amide bonds. The molecule has 1 spiro atoms. The summed E-state index contributed by atoms with van der Waals surface area (Å²) >= 11 is 1.80. The monoisotopic (exact) mass is 379 g/mol. The van der Waals surface area contributed by atoms with Crippen LogP contribution in [-0.4, -0.2) is 83.3 Å². The highest BCUT2D eigenvalue weighted by Gasteiger charge is 2.46. The topological polar surface area (TPSA) is 43.9 Å². The minimum absolute atomic E-state index is 0.171. The second kappa shape index (κ2) is 8.09. The summed E-state index contributed by atoms with van der Waals surface area (Å²) in [5, 5.41) is 0. The van der Waals surface area contributed by atoms with Crippen LogP contribution in [0.5, 0.6) is 0 Å². The van der Waals surface area contributed by atoms with Crippen molar-refractivity contribution in [3.63, 3.8) is 0 Å². The van der Waals surface area contributed by atoms with E-state index in [1.807, 2.05) is 0 Å². The summed E-state index contributed by atoms with van der Waals surface area (Å²) in [4.78, 5) is 31.7. The Kier molecular flexibility index (Phi) is 5.79. The fourth-order valence-corrected chi connectivity index (χ4v) is 5.86. The molecule has 5 nitrogen and oxygen atoms in total. The molecular weight excluding hydrogens is 346 g/mol. The van der Waals surface area contributed by atoms with Crippen LogP contribution in [0.25, 0.3) is 0 Å². The van der Waals surface area contributed by atoms with Gasteiger partial charge >= 0.3 is 0 Å². The molecule has 0 aromatic heterocycles.